The number of nitriles is 1. The fourth-order valence-corrected chi connectivity index (χ4v) is 6.55. The van der Waals surface area contributed by atoms with E-state index in [1.165, 1.54) is 11.8 Å². The number of anilines is 1. The van der Waals surface area contributed by atoms with E-state index >= 15 is 0 Å². The van der Waals surface area contributed by atoms with E-state index in [4.69, 9.17) is 14.5 Å². The van der Waals surface area contributed by atoms with Gasteiger partial charge in [-0.05, 0) is 76.4 Å². The minimum Gasteiger partial charge on any atom is -0.443 e. The van der Waals surface area contributed by atoms with Crippen LogP contribution in [-0.2, 0) is 15.0 Å². The maximum atomic E-state index is 13.6. The number of amides is 2. The van der Waals surface area contributed by atoms with Crippen LogP contribution in [0.4, 0.5) is 15.4 Å². The molecule has 0 spiro atoms. The molecule has 2 aromatic carbocycles. The van der Waals surface area contributed by atoms with Crippen molar-refractivity contribution >= 4 is 34.9 Å². The zero-order valence-corrected chi connectivity index (χ0v) is 26.6. The molecule has 1 fully saturated rings. The Balaban J connectivity index is 1.64. The number of rotatable bonds is 3. The Morgan fingerprint density at radius 2 is 1.66 bits per heavy atom. The summed E-state index contributed by atoms with van der Waals surface area (Å²) in [6.07, 6.45) is 3.31. The second kappa shape index (κ2) is 11.9. The molecule has 0 bridgehead atoms. The number of nitrogens with zero attached hydrogens (tertiary/aromatic N) is 6. The highest BCUT2D eigenvalue weighted by molar-refractivity contribution is 8.13. The highest BCUT2D eigenvalue weighted by Gasteiger charge is 2.52. The number of thioether (sulfide) groups is 1. The molecule has 0 saturated carbocycles. The van der Waals surface area contributed by atoms with Gasteiger partial charge < -0.3 is 14.4 Å². The zero-order valence-electron chi connectivity index (χ0n) is 25.8. The molecule has 11 heteroatoms. The van der Waals surface area contributed by atoms with E-state index in [1.807, 2.05) is 36.4 Å². The van der Waals surface area contributed by atoms with Crippen molar-refractivity contribution in [2.75, 3.05) is 23.7 Å². The number of aromatic nitrogens is 2. The Bertz CT molecular complexity index is 1600. The molecule has 44 heavy (non-hydrogen) atoms. The molecule has 3 aromatic rings. The highest BCUT2D eigenvalue weighted by atomic mass is 32.2. The summed E-state index contributed by atoms with van der Waals surface area (Å²) in [5, 5.41) is 9.68. The number of carbonyl (C=O) groups excluding carboxylic acids is 2. The summed E-state index contributed by atoms with van der Waals surface area (Å²) < 4.78 is 11.3. The molecular weight excluding hydrogens is 576 g/mol. The first-order valence-corrected chi connectivity index (χ1v) is 15.4. The minimum absolute atomic E-state index is 0.0121. The molecule has 1 saturated heterocycles. The van der Waals surface area contributed by atoms with Gasteiger partial charge in [0.05, 0.1) is 17.8 Å². The Morgan fingerprint density at radius 1 is 1.00 bits per heavy atom. The van der Waals surface area contributed by atoms with E-state index in [9.17, 15) is 14.9 Å². The largest absolute Gasteiger partial charge is 0.443 e. The van der Waals surface area contributed by atoms with Gasteiger partial charge in [0.1, 0.15) is 22.6 Å². The second-order valence-corrected chi connectivity index (χ2v) is 13.8. The number of carbonyl (C=O) groups is 2. The van der Waals surface area contributed by atoms with Crippen LogP contribution < -0.4 is 4.90 Å². The van der Waals surface area contributed by atoms with Gasteiger partial charge in [0.2, 0.25) is 0 Å². The number of ether oxygens (including phenoxy) is 2. The molecule has 0 N–H and O–H groups in total. The van der Waals surface area contributed by atoms with E-state index in [-0.39, 0.29) is 11.1 Å². The van der Waals surface area contributed by atoms with Gasteiger partial charge >= 0.3 is 12.2 Å². The van der Waals surface area contributed by atoms with E-state index in [1.54, 1.807) is 66.2 Å². The molecule has 0 aliphatic carbocycles. The van der Waals surface area contributed by atoms with Crippen molar-refractivity contribution in [2.45, 2.75) is 58.3 Å². The Kier molecular flexibility index (Phi) is 8.40. The van der Waals surface area contributed by atoms with Crippen LogP contribution in [0.1, 0.15) is 52.7 Å². The summed E-state index contributed by atoms with van der Waals surface area (Å²) in [6.45, 7) is 11.6. The number of amidine groups is 1. The maximum absolute atomic E-state index is 13.6. The summed E-state index contributed by atoms with van der Waals surface area (Å²) in [4.78, 5) is 44.2. The van der Waals surface area contributed by atoms with Crippen molar-refractivity contribution < 1.29 is 19.1 Å². The van der Waals surface area contributed by atoms with Crippen LogP contribution in [-0.4, -0.2) is 62.3 Å². The van der Waals surface area contributed by atoms with Crippen LogP contribution in [0.15, 0.2) is 72.1 Å². The van der Waals surface area contributed by atoms with Crippen molar-refractivity contribution in [3.63, 3.8) is 0 Å². The number of fused-ring (bicyclic) bond motifs is 1. The molecule has 3 heterocycles. The molecule has 5 rings (SSSR count). The van der Waals surface area contributed by atoms with Crippen LogP contribution in [0.2, 0.25) is 0 Å². The molecule has 0 unspecified atom stereocenters. The first kappa shape index (κ1) is 31.0. The summed E-state index contributed by atoms with van der Waals surface area (Å²) >= 11 is 1.33. The fourth-order valence-electron chi connectivity index (χ4n) is 5.31. The van der Waals surface area contributed by atoms with Gasteiger partial charge in [0.15, 0.2) is 5.17 Å². The molecule has 1 aromatic heterocycles. The number of benzene rings is 2. The first-order valence-electron chi connectivity index (χ1n) is 14.4. The Morgan fingerprint density at radius 3 is 2.27 bits per heavy atom. The van der Waals surface area contributed by atoms with Crippen LogP contribution in [0.25, 0.3) is 11.1 Å². The molecular formula is C33H36N6O4S. The predicted molar refractivity (Wildman–Crippen MR) is 170 cm³/mol. The molecule has 2 amide bonds. The molecule has 228 valence electrons. The monoisotopic (exact) mass is 612 g/mol. The van der Waals surface area contributed by atoms with E-state index < -0.39 is 28.9 Å². The van der Waals surface area contributed by atoms with Crippen molar-refractivity contribution in [2.24, 2.45) is 10.9 Å². The lowest BCUT2D eigenvalue weighted by molar-refractivity contribution is 0.0151. The molecule has 2 aliphatic rings. The Hall–Kier alpha value is -4.43. The summed E-state index contributed by atoms with van der Waals surface area (Å²) in [7, 11) is 0. The molecule has 10 nitrogen and oxygen atoms in total. The second-order valence-electron chi connectivity index (χ2n) is 12.8. The lowest BCUT2D eigenvalue weighted by atomic mass is 9.81. The standard InChI is InChI=1S/C33H36N6O4S/c1-31(2,3)42-29(40)39(30(41)43-32(4,5)6)28-37-33(21-38(19-26(33)20-44-28)27-18-35-13-14-36-27)25-12-8-11-24(16-25)23-10-7-9-22(15-23)17-34/h7-16,18,26H,19-21H2,1-6H3/t26-,33+/m0/s1. The topological polar surface area (TPSA) is 121 Å². The predicted octanol–water partition coefficient (Wildman–Crippen LogP) is 6.62. The normalized spacial score (nSPS) is 19.8. The third kappa shape index (κ3) is 6.70. The van der Waals surface area contributed by atoms with Crippen molar-refractivity contribution in [1.82, 2.24) is 14.9 Å². The van der Waals surface area contributed by atoms with Gasteiger partial charge in [-0.3, -0.25) is 4.98 Å². The lowest BCUT2D eigenvalue weighted by Gasteiger charge is -2.38. The van der Waals surface area contributed by atoms with Gasteiger partial charge in [0.25, 0.3) is 0 Å². The van der Waals surface area contributed by atoms with Crippen LogP contribution in [0.3, 0.4) is 0 Å². The van der Waals surface area contributed by atoms with Crippen LogP contribution in [0.5, 0.6) is 0 Å². The lowest BCUT2D eigenvalue weighted by Crippen LogP contribution is -2.49. The highest BCUT2D eigenvalue weighted by Crippen LogP contribution is 2.48. The number of hydrogen-bond acceptors (Lipinski definition) is 10. The van der Waals surface area contributed by atoms with E-state index in [0.29, 0.717) is 24.4 Å². The third-order valence-corrected chi connectivity index (χ3v) is 8.26. The fraction of sp³-hybridized carbons (Fsp3) is 0.394. The van der Waals surface area contributed by atoms with Gasteiger partial charge in [0, 0.05) is 37.2 Å². The van der Waals surface area contributed by atoms with Crippen molar-refractivity contribution in [3.05, 3.63) is 78.2 Å². The molecule has 2 aliphatic heterocycles. The van der Waals surface area contributed by atoms with Crippen LogP contribution in [0, 0.1) is 17.2 Å². The molecule has 0 radical (unpaired) electrons. The SMILES string of the molecule is CC(C)(C)OC(=O)N(C(=O)OC(C)(C)C)C1=N[C@@]2(c3cccc(-c4cccc(C#N)c4)c3)CN(c3cnccn3)C[C@H]2CS1. The summed E-state index contributed by atoms with van der Waals surface area (Å²) in [6, 6.07) is 17.7. The number of aliphatic imine (C=N–C) groups is 1. The van der Waals surface area contributed by atoms with Gasteiger partial charge in [-0.1, -0.05) is 42.1 Å². The number of hydrogen-bond donors (Lipinski definition) is 0. The molecule has 2 atom stereocenters. The number of imide groups is 1. The van der Waals surface area contributed by atoms with E-state index in [0.717, 1.165) is 27.4 Å². The van der Waals surface area contributed by atoms with E-state index in [2.05, 4.69) is 27.0 Å². The van der Waals surface area contributed by atoms with Crippen molar-refractivity contribution in [3.8, 4) is 17.2 Å². The van der Waals surface area contributed by atoms with Gasteiger partial charge in [-0.25, -0.2) is 19.6 Å². The zero-order chi connectivity index (χ0) is 31.7. The smallest absolute Gasteiger partial charge is 0.426 e. The average molecular weight is 613 g/mol. The minimum atomic E-state index is -0.850. The van der Waals surface area contributed by atoms with Gasteiger partial charge in [-0.2, -0.15) is 10.2 Å². The van der Waals surface area contributed by atoms with Crippen LogP contribution >= 0.6 is 11.8 Å². The quantitative estimate of drug-likeness (QED) is 0.321. The summed E-state index contributed by atoms with van der Waals surface area (Å²) in [5.74, 6) is 1.31. The Labute approximate surface area is 262 Å². The third-order valence-electron chi connectivity index (χ3n) is 7.16. The van der Waals surface area contributed by atoms with Crippen molar-refractivity contribution in [1.29, 1.82) is 5.26 Å². The first-order chi connectivity index (χ1) is 20.8. The van der Waals surface area contributed by atoms with Gasteiger partial charge in [-0.15, -0.1) is 0 Å². The average Bonchev–Trinajstić information content (AvgIpc) is 3.36. The maximum Gasteiger partial charge on any atom is 0.426 e. The summed E-state index contributed by atoms with van der Waals surface area (Å²) in [5.41, 5.74) is 0.777.